The molecule has 0 fully saturated rings. The van der Waals surface area contributed by atoms with Crippen LogP contribution in [0.2, 0.25) is 0 Å². The van der Waals surface area contributed by atoms with E-state index in [1.807, 2.05) is 0 Å². The summed E-state index contributed by atoms with van der Waals surface area (Å²) in [4.78, 5) is 28.4. The second kappa shape index (κ2) is 8.08. The summed E-state index contributed by atoms with van der Waals surface area (Å²) in [5.74, 6) is -0.672. The standard InChI is InChI=1S/C18H20F3N3O2S/c1-17(2,3)15(26)22-10-14(25)24-16-23-9-13(27-16)8-11-5-4-6-12(7-11)18(19,20)21/h4-7,9H,8,10H2,1-3H3,(H,22,26)(H,23,24,25). The van der Waals surface area contributed by atoms with Crippen molar-refractivity contribution in [2.24, 2.45) is 5.41 Å². The number of alkyl halides is 3. The Morgan fingerprint density at radius 3 is 2.52 bits per heavy atom. The van der Waals surface area contributed by atoms with Gasteiger partial charge in [-0.2, -0.15) is 13.2 Å². The summed E-state index contributed by atoms with van der Waals surface area (Å²) < 4.78 is 38.3. The molecule has 0 bridgehead atoms. The summed E-state index contributed by atoms with van der Waals surface area (Å²) in [5, 5.41) is 5.42. The molecule has 9 heteroatoms. The number of aromatic nitrogens is 1. The van der Waals surface area contributed by atoms with Crippen LogP contribution in [0.1, 0.15) is 36.8 Å². The molecule has 0 aliphatic heterocycles. The topological polar surface area (TPSA) is 71.1 Å². The average molecular weight is 399 g/mol. The number of thiazole rings is 1. The van der Waals surface area contributed by atoms with Gasteiger partial charge in [-0.05, 0) is 11.6 Å². The summed E-state index contributed by atoms with van der Waals surface area (Å²) in [5.41, 5.74) is -0.795. The molecular weight excluding hydrogens is 379 g/mol. The van der Waals surface area contributed by atoms with Gasteiger partial charge in [0.1, 0.15) is 0 Å². The fourth-order valence-corrected chi connectivity index (χ4v) is 2.96. The molecule has 0 saturated heterocycles. The smallest absolute Gasteiger partial charge is 0.347 e. The number of benzene rings is 1. The molecule has 2 rings (SSSR count). The minimum Gasteiger partial charge on any atom is -0.347 e. The molecule has 0 aliphatic rings. The van der Waals surface area contributed by atoms with Crippen molar-refractivity contribution in [3.63, 3.8) is 0 Å². The maximum atomic E-state index is 12.8. The third-order valence-corrected chi connectivity index (χ3v) is 4.44. The van der Waals surface area contributed by atoms with Gasteiger partial charge in [0, 0.05) is 22.9 Å². The summed E-state index contributed by atoms with van der Waals surface area (Å²) in [6.45, 7) is 5.03. The molecule has 1 aromatic heterocycles. The van der Waals surface area contributed by atoms with E-state index in [0.29, 0.717) is 15.6 Å². The van der Waals surface area contributed by atoms with Gasteiger partial charge in [-0.25, -0.2) is 4.98 Å². The van der Waals surface area contributed by atoms with Crippen LogP contribution in [0.4, 0.5) is 18.3 Å². The van der Waals surface area contributed by atoms with Crippen LogP contribution < -0.4 is 10.6 Å². The fraction of sp³-hybridized carbons (Fsp3) is 0.389. The van der Waals surface area contributed by atoms with Gasteiger partial charge in [0.2, 0.25) is 11.8 Å². The van der Waals surface area contributed by atoms with Crippen LogP contribution in [0.25, 0.3) is 0 Å². The first-order valence-electron chi connectivity index (χ1n) is 8.14. The highest BCUT2D eigenvalue weighted by Gasteiger charge is 2.30. The van der Waals surface area contributed by atoms with E-state index in [1.54, 1.807) is 26.8 Å². The van der Waals surface area contributed by atoms with Crippen LogP contribution >= 0.6 is 11.3 Å². The van der Waals surface area contributed by atoms with Gasteiger partial charge >= 0.3 is 6.18 Å². The Hall–Kier alpha value is -2.42. The van der Waals surface area contributed by atoms with Crippen molar-refractivity contribution < 1.29 is 22.8 Å². The highest BCUT2D eigenvalue weighted by molar-refractivity contribution is 7.15. The largest absolute Gasteiger partial charge is 0.416 e. The number of carbonyl (C=O) groups is 2. The van der Waals surface area contributed by atoms with Crippen LogP contribution in [0.5, 0.6) is 0 Å². The van der Waals surface area contributed by atoms with Gasteiger partial charge in [-0.3, -0.25) is 9.59 Å². The zero-order valence-corrected chi connectivity index (χ0v) is 15.9. The number of rotatable bonds is 5. The fourth-order valence-electron chi connectivity index (χ4n) is 2.10. The molecule has 0 atom stereocenters. The van der Waals surface area contributed by atoms with E-state index in [4.69, 9.17) is 0 Å². The van der Waals surface area contributed by atoms with Crippen molar-refractivity contribution >= 4 is 28.3 Å². The third kappa shape index (κ3) is 6.35. The minimum atomic E-state index is -4.39. The number of anilines is 1. The highest BCUT2D eigenvalue weighted by Crippen LogP contribution is 2.30. The molecule has 2 N–H and O–H groups in total. The molecule has 1 aromatic carbocycles. The van der Waals surface area contributed by atoms with Gasteiger partial charge in [0.25, 0.3) is 0 Å². The van der Waals surface area contributed by atoms with Crippen LogP contribution in [0, 0.1) is 5.41 Å². The van der Waals surface area contributed by atoms with Crippen molar-refractivity contribution in [3.8, 4) is 0 Å². The first-order valence-corrected chi connectivity index (χ1v) is 8.96. The normalized spacial score (nSPS) is 11.9. The molecule has 27 heavy (non-hydrogen) atoms. The van der Waals surface area contributed by atoms with Crippen molar-refractivity contribution in [2.45, 2.75) is 33.4 Å². The first-order chi connectivity index (χ1) is 12.4. The predicted octanol–water partition coefficient (Wildman–Crippen LogP) is 3.85. The molecular formula is C18H20F3N3O2S. The number of nitrogens with zero attached hydrogens (tertiary/aromatic N) is 1. The van der Waals surface area contributed by atoms with E-state index in [2.05, 4.69) is 15.6 Å². The summed E-state index contributed by atoms with van der Waals surface area (Å²) in [7, 11) is 0. The van der Waals surface area contributed by atoms with E-state index in [0.717, 1.165) is 12.1 Å². The van der Waals surface area contributed by atoms with Crippen molar-refractivity contribution in [1.82, 2.24) is 10.3 Å². The lowest BCUT2D eigenvalue weighted by molar-refractivity contribution is -0.137. The van der Waals surface area contributed by atoms with E-state index in [1.165, 1.54) is 23.6 Å². The Balaban J connectivity index is 1.93. The van der Waals surface area contributed by atoms with Crippen molar-refractivity contribution in [2.75, 3.05) is 11.9 Å². The Labute approximate surface area is 159 Å². The number of hydrogen-bond donors (Lipinski definition) is 2. The second-order valence-electron chi connectivity index (χ2n) is 6.99. The van der Waals surface area contributed by atoms with Gasteiger partial charge in [-0.15, -0.1) is 11.3 Å². The molecule has 0 unspecified atom stereocenters. The summed E-state index contributed by atoms with van der Waals surface area (Å²) in [6, 6.07) is 5.09. The van der Waals surface area contributed by atoms with Gasteiger partial charge < -0.3 is 10.6 Å². The summed E-state index contributed by atoms with van der Waals surface area (Å²) in [6.07, 6.45) is -2.60. The number of halogens is 3. The number of hydrogen-bond acceptors (Lipinski definition) is 4. The number of carbonyl (C=O) groups excluding carboxylic acids is 2. The van der Waals surface area contributed by atoms with Crippen molar-refractivity contribution in [3.05, 3.63) is 46.5 Å². The number of amides is 2. The Morgan fingerprint density at radius 2 is 1.89 bits per heavy atom. The molecule has 146 valence electrons. The van der Waals surface area contributed by atoms with E-state index < -0.39 is 23.1 Å². The molecule has 0 aliphatic carbocycles. The van der Waals surface area contributed by atoms with Gasteiger partial charge in [0.05, 0.1) is 12.1 Å². The third-order valence-electron chi connectivity index (χ3n) is 3.52. The van der Waals surface area contributed by atoms with E-state index in [9.17, 15) is 22.8 Å². The SMILES string of the molecule is CC(C)(C)C(=O)NCC(=O)Nc1ncc(Cc2cccc(C(F)(F)F)c2)s1. The van der Waals surface area contributed by atoms with Crippen LogP contribution in [0.15, 0.2) is 30.5 Å². The lowest BCUT2D eigenvalue weighted by atomic mass is 9.96. The lowest BCUT2D eigenvalue weighted by Crippen LogP contribution is -2.39. The maximum absolute atomic E-state index is 12.8. The molecule has 0 radical (unpaired) electrons. The van der Waals surface area contributed by atoms with Crippen LogP contribution in [-0.4, -0.2) is 23.3 Å². The molecule has 2 amide bonds. The zero-order chi connectivity index (χ0) is 20.2. The molecule has 0 saturated carbocycles. The number of nitrogens with one attached hydrogen (secondary N) is 2. The second-order valence-corrected chi connectivity index (χ2v) is 8.10. The predicted molar refractivity (Wildman–Crippen MR) is 97.5 cm³/mol. The van der Waals surface area contributed by atoms with Crippen LogP contribution in [-0.2, 0) is 22.2 Å². The van der Waals surface area contributed by atoms with Crippen LogP contribution in [0.3, 0.4) is 0 Å². The molecule has 5 nitrogen and oxygen atoms in total. The Bertz CT molecular complexity index is 826. The minimum absolute atomic E-state index is 0.182. The Kier molecular flexibility index (Phi) is 6.25. The maximum Gasteiger partial charge on any atom is 0.416 e. The van der Waals surface area contributed by atoms with Gasteiger partial charge in [-0.1, -0.05) is 39.0 Å². The summed E-state index contributed by atoms with van der Waals surface area (Å²) >= 11 is 1.17. The average Bonchev–Trinajstić information content (AvgIpc) is 2.98. The molecule has 1 heterocycles. The Morgan fingerprint density at radius 1 is 1.19 bits per heavy atom. The monoisotopic (exact) mass is 399 g/mol. The zero-order valence-electron chi connectivity index (χ0n) is 15.1. The first kappa shape index (κ1) is 20.9. The van der Waals surface area contributed by atoms with E-state index in [-0.39, 0.29) is 18.9 Å². The van der Waals surface area contributed by atoms with Gasteiger partial charge in [0.15, 0.2) is 5.13 Å². The lowest BCUT2D eigenvalue weighted by Gasteiger charge is -2.17. The van der Waals surface area contributed by atoms with Crippen molar-refractivity contribution in [1.29, 1.82) is 0 Å². The van der Waals surface area contributed by atoms with E-state index >= 15 is 0 Å². The quantitative estimate of drug-likeness (QED) is 0.802. The molecule has 0 spiro atoms. The highest BCUT2D eigenvalue weighted by atomic mass is 32.1. The molecule has 2 aromatic rings.